The highest BCUT2D eigenvalue weighted by atomic mass is 79.9. The lowest BCUT2D eigenvalue weighted by atomic mass is 10.2. The number of halogens is 1. The van der Waals surface area contributed by atoms with E-state index >= 15 is 0 Å². The molecule has 1 aromatic rings. The van der Waals surface area contributed by atoms with Gasteiger partial charge in [0, 0.05) is 16.6 Å². The van der Waals surface area contributed by atoms with Crippen LogP contribution in [0.2, 0.25) is 0 Å². The standard InChI is InChI=1S/C12H14BrNO4/c1-17-11(15)3-2-4-18-12(16)8-5-9(13)7-10(14)6-8/h5-7H,2-4,14H2,1H3. The normalized spacial score (nSPS) is 9.89. The molecular weight excluding hydrogens is 302 g/mol. The molecule has 18 heavy (non-hydrogen) atoms. The van der Waals surface area contributed by atoms with E-state index in [0.29, 0.717) is 22.1 Å². The molecule has 0 aliphatic heterocycles. The van der Waals surface area contributed by atoms with Gasteiger partial charge in [0.25, 0.3) is 0 Å². The van der Waals surface area contributed by atoms with E-state index in [2.05, 4.69) is 20.7 Å². The Morgan fingerprint density at radius 3 is 2.67 bits per heavy atom. The lowest BCUT2D eigenvalue weighted by Crippen LogP contribution is -2.09. The number of ether oxygens (including phenoxy) is 2. The average molecular weight is 316 g/mol. The fourth-order valence-electron chi connectivity index (χ4n) is 1.30. The van der Waals surface area contributed by atoms with Crippen molar-refractivity contribution >= 4 is 33.6 Å². The van der Waals surface area contributed by atoms with Crippen molar-refractivity contribution in [3.63, 3.8) is 0 Å². The summed E-state index contributed by atoms with van der Waals surface area (Å²) in [6, 6.07) is 4.85. The first kappa shape index (κ1) is 14.5. The van der Waals surface area contributed by atoms with E-state index in [0.717, 1.165) is 0 Å². The Labute approximate surface area is 113 Å². The fraction of sp³-hybridized carbons (Fsp3) is 0.333. The molecule has 0 aromatic heterocycles. The summed E-state index contributed by atoms with van der Waals surface area (Å²) in [6.45, 7) is 0.167. The maximum Gasteiger partial charge on any atom is 0.338 e. The molecule has 0 saturated heterocycles. The molecule has 0 heterocycles. The smallest absolute Gasteiger partial charge is 0.338 e. The van der Waals surface area contributed by atoms with Crippen LogP contribution in [0.4, 0.5) is 5.69 Å². The number of hydrogen-bond acceptors (Lipinski definition) is 5. The van der Waals surface area contributed by atoms with Gasteiger partial charge in [0.1, 0.15) is 0 Å². The molecule has 0 atom stereocenters. The summed E-state index contributed by atoms with van der Waals surface area (Å²) in [6.07, 6.45) is 0.659. The average Bonchev–Trinajstić information content (AvgIpc) is 2.32. The number of carbonyl (C=O) groups is 2. The van der Waals surface area contributed by atoms with Crippen LogP contribution < -0.4 is 5.73 Å². The third-order valence-corrected chi connectivity index (χ3v) is 2.60. The summed E-state index contributed by atoms with van der Waals surface area (Å²) >= 11 is 3.24. The molecule has 1 rings (SSSR count). The van der Waals surface area contributed by atoms with Gasteiger partial charge in [-0.1, -0.05) is 15.9 Å². The molecule has 0 bridgehead atoms. The van der Waals surface area contributed by atoms with Gasteiger partial charge in [0.2, 0.25) is 0 Å². The SMILES string of the molecule is COC(=O)CCCOC(=O)c1cc(N)cc(Br)c1. The van der Waals surface area contributed by atoms with Gasteiger partial charge in [-0.05, 0) is 24.6 Å². The fourth-order valence-corrected chi connectivity index (χ4v) is 1.81. The van der Waals surface area contributed by atoms with E-state index in [4.69, 9.17) is 10.5 Å². The molecule has 0 fully saturated rings. The third-order valence-electron chi connectivity index (χ3n) is 2.14. The van der Waals surface area contributed by atoms with Crippen molar-refractivity contribution in [3.05, 3.63) is 28.2 Å². The molecule has 2 N–H and O–H groups in total. The van der Waals surface area contributed by atoms with Crippen LogP contribution >= 0.6 is 15.9 Å². The van der Waals surface area contributed by atoms with Crippen molar-refractivity contribution in [2.45, 2.75) is 12.8 Å². The van der Waals surface area contributed by atoms with E-state index in [1.165, 1.54) is 13.2 Å². The van der Waals surface area contributed by atoms with Crippen molar-refractivity contribution in [1.29, 1.82) is 0 Å². The Balaban J connectivity index is 2.43. The summed E-state index contributed by atoms with van der Waals surface area (Å²) in [5, 5.41) is 0. The number of nitrogens with two attached hydrogens (primary N) is 1. The molecule has 0 saturated carbocycles. The quantitative estimate of drug-likeness (QED) is 0.511. The number of methoxy groups -OCH3 is 1. The van der Waals surface area contributed by atoms with Gasteiger partial charge in [0.15, 0.2) is 0 Å². The molecule has 0 radical (unpaired) electrons. The number of hydrogen-bond donors (Lipinski definition) is 1. The van der Waals surface area contributed by atoms with E-state index < -0.39 is 5.97 Å². The number of nitrogen functional groups attached to an aromatic ring is 1. The van der Waals surface area contributed by atoms with Crippen molar-refractivity contribution in [1.82, 2.24) is 0 Å². The summed E-state index contributed by atoms with van der Waals surface area (Å²) in [5.74, 6) is -0.786. The highest BCUT2D eigenvalue weighted by molar-refractivity contribution is 9.10. The number of esters is 2. The minimum absolute atomic E-state index is 0.167. The predicted molar refractivity (Wildman–Crippen MR) is 70.1 cm³/mol. The second-order valence-corrected chi connectivity index (χ2v) is 4.50. The molecule has 5 nitrogen and oxygen atoms in total. The first-order valence-electron chi connectivity index (χ1n) is 5.33. The summed E-state index contributed by atoms with van der Waals surface area (Å²) in [5.41, 5.74) is 6.46. The molecule has 0 aliphatic rings. The van der Waals surface area contributed by atoms with Crippen LogP contribution in [0.15, 0.2) is 22.7 Å². The van der Waals surface area contributed by atoms with Gasteiger partial charge < -0.3 is 15.2 Å². The van der Waals surface area contributed by atoms with Gasteiger partial charge >= 0.3 is 11.9 Å². The van der Waals surface area contributed by atoms with Gasteiger partial charge in [0.05, 0.1) is 19.3 Å². The first-order chi connectivity index (χ1) is 8.52. The van der Waals surface area contributed by atoms with Gasteiger partial charge in [-0.15, -0.1) is 0 Å². The van der Waals surface area contributed by atoms with Crippen molar-refractivity contribution in [3.8, 4) is 0 Å². The first-order valence-corrected chi connectivity index (χ1v) is 6.12. The van der Waals surface area contributed by atoms with E-state index in [-0.39, 0.29) is 19.0 Å². The Morgan fingerprint density at radius 1 is 1.33 bits per heavy atom. The highest BCUT2D eigenvalue weighted by Crippen LogP contribution is 2.18. The maximum absolute atomic E-state index is 11.6. The Morgan fingerprint density at radius 2 is 2.06 bits per heavy atom. The van der Waals surface area contributed by atoms with Gasteiger partial charge in [-0.3, -0.25) is 4.79 Å². The van der Waals surface area contributed by atoms with Crippen LogP contribution in [0, 0.1) is 0 Å². The zero-order valence-corrected chi connectivity index (χ0v) is 11.5. The molecule has 6 heteroatoms. The van der Waals surface area contributed by atoms with Crippen LogP contribution in [0.1, 0.15) is 23.2 Å². The van der Waals surface area contributed by atoms with Gasteiger partial charge in [-0.25, -0.2) is 4.79 Å². The van der Waals surface area contributed by atoms with E-state index in [9.17, 15) is 9.59 Å². The zero-order chi connectivity index (χ0) is 13.5. The summed E-state index contributed by atoms with van der Waals surface area (Å²) in [4.78, 5) is 22.5. The third kappa shape index (κ3) is 4.75. The molecule has 98 valence electrons. The lowest BCUT2D eigenvalue weighted by Gasteiger charge is -2.05. The van der Waals surface area contributed by atoms with E-state index in [1.54, 1.807) is 12.1 Å². The van der Waals surface area contributed by atoms with E-state index in [1.807, 2.05) is 0 Å². The second-order valence-electron chi connectivity index (χ2n) is 3.59. The maximum atomic E-state index is 11.6. The van der Waals surface area contributed by atoms with Crippen LogP contribution in [0.3, 0.4) is 0 Å². The molecule has 0 unspecified atom stereocenters. The summed E-state index contributed by atoms with van der Waals surface area (Å²) in [7, 11) is 1.32. The molecule has 0 amide bonds. The van der Waals surface area contributed by atoms with Crippen molar-refractivity contribution in [2.24, 2.45) is 0 Å². The number of anilines is 1. The Kier molecular flexibility index (Phi) is 5.64. The molecule has 0 spiro atoms. The largest absolute Gasteiger partial charge is 0.469 e. The van der Waals surface area contributed by atoms with Crippen molar-refractivity contribution < 1.29 is 19.1 Å². The molecule has 1 aromatic carbocycles. The topological polar surface area (TPSA) is 78.6 Å². The minimum Gasteiger partial charge on any atom is -0.469 e. The Hall–Kier alpha value is -1.56. The van der Waals surface area contributed by atoms with Gasteiger partial charge in [-0.2, -0.15) is 0 Å². The van der Waals surface area contributed by atoms with Crippen LogP contribution in [-0.4, -0.2) is 25.7 Å². The lowest BCUT2D eigenvalue weighted by molar-refractivity contribution is -0.140. The number of benzene rings is 1. The predicted octanol–water partition coefficient (Wildman–Crippen LogP) is 2.14. The van der Waals surface area contributed by atoms with Crippen molar-refractivity contribution in [2.75, 3.05) is 19.5 Å². The van der Waals surface area contributed by atoms with Crippen LogP contribution in [-0.2, 0) is 14.3 Å². The zero-order valence-electron chi connectivity index (χ0n) is 9.94. The monoisotopic (exact) mass is 315 g/mol. The molecule has 0 aliphatic carbocycles. The number of carbonyl (C=O) groups excluding carboxylic acids is 2. The summed E-state index contributed by atoms with van der Waals surface area (Å²) < 4.78 is 10.2. The number of rotatable bonds is 5. The minimum atomic E-state index is -0.465. The molecular formula is C12H14BrNO4. The van der Waals surface area contributed by atoms with Crippen LogP contribution in [0.25, 0.3) is 0 Å². The Bertz CT molecular complexity index is 427. The highest BCUT2D eigenvalue weighted by Gasteiger charge is 2.09. The van der Waals surface area contributed by atoms with Crippen LogP contribution in [0.5, 0.6) is 0 Å². The second kappa shape index (κ2) is 7.00.